The third-order valence-corrected chi connectivity index (χ3v) is 9.64. The molecule has 0 unspecified atom stereocenters. The normalized spacial score (nSPS) is 11.7. The predicted molar refractivity (Wildman–Crippen MR) is 204 cm³/mol. The molecule has 3 heteroatoms. The molecule has 0 spiro atoms. The number of furan rings is 2. The van der Waals surface area contributed by atoms with E-state index in [1.807, 2.05) is 12.1 Å². The van der Waals surface area contributed by atoms with Crippen LogP contribution in [0.1, 0.15) is 0 Å². The van der Waals surface area contributed by atoms with E-state index in [9.17, 15) is 0 Å². The SMILES string of the molecule is c1ccc(-c2cccc(N(c3cccc4c3oc3ccccc34)c3cccc4oc5c6ccccc6c(-c6ccccc6)cc5c34)c2)cc1. The number of para-hydroxylation sites is 2. The number of fused-ring (bicyclic) bond motifs is 8. The first-order valence-electron chi connectivity index (χ1n) is 16.6. The lowest BCUT2D eigenvalue weighted by Gasteiger charge is -2.27. The van der Waals surface area contributed by atoms with E-state index >= 15 is 0 Å². The number of anilines is 3. The quantitative estimate of drug-likeness (QED) is 0.190. The van der Waals surface area contributed by atoms with Crippen LogP contribution in [0.4, 0.5) is 17.1 Å². The van der Waals surface area contributed by atoms with Gasteiger partial charge in [0.25, 0.3) is 0 Å². The van der Waals surface area contributed by atoms with Crippen LogP contribution in [0.5, 0.6) is 0 Å². The van der Waals surface area contributed by atoms with Gasteiger partial charge in [-0.15, -0.1) is 0 Å². The molecule has 0 radical (unpaired) electrons. The highest BCUT2D eigenvalue weighted by molar-refractivity contribution is 6.23. The van der Waals surface area contributed by atoms with Crippen LogP contribution in [0.25, 0.3) is 76.9 Å². The molecule has 3 nitrogen and oxygen atoms in total. The van der Waals surface area contributed by atoms with Crippen molar-refractivity contribution in [3.05, 3.63) is 176 Å². The number of nitrogens with zero attached hydrogens (tertiary/aromatic N) is 1. The van der Waals surface area contributed by atoms with Gasteiger partial charge in [0.1, 0.15) is 16.7 Å². The zero-order valence-corrected chi connectivity index (χ0v) is 26.5. The van der Waals surface area contributed by atoms with Crippen molar-refractivity contribution in [3.8, 4) is 22.3 Å². The second kappa shape index (κ2) is 11.0. The van der Waals surface area contributed by atoms with Crippen molar-refractivity contribution < 1.29 is 8.83 Å². The second-order valence-electron chi connectivity index (χ2n) is 12.5. The van der Waals surface area contributed by atoms with Crippen LogP contribution >= 0.6 is 0 Å². The predicted octanol–water partition coefficient (Wildman–Crippen LogP) is 13.4. The van der Waals surface area contributed by atoms with Crippen LogP contribution in [0.3, 0.4) is 0 Å². The summed E-state index contributed by atoms with van der Waals surface area (Å²) in [6.45, 7) is 0. The monoisotopic (exact) mass is 627 g/mol. The van der Waals surface area contributed by atoms with Crippen LogP contribution in [0.2, 0.25) is 0 Å². The fourth-order valence-electron chi connectivity index (χ4n) is 7.44. The van der Waals surface area contributed by atoms with Gasteiger partial charge in [0.2, 0.25) is 0 Å². The Morgan fingerprint density at radius 1 is 0.347 bits per heavy atom. The summed E-state index contributed by atoms with van der Waals surface area (Å²) >= 11 is 0. The minimum absolute atomic E-state index is 0.837. The fourth-order valence-corrected chi connectivity index (χ4v) is 7.44. The molecule has 0 N–H and O–H groups in total. The summed E-state index contributed by atoms with van der Waals surface area (Å²) in [6, 6.07) is 61.9. The summed E-state index contributed by atoms with van der Waals surface area (Å²) in [4.78, 5) is 2.34. The third-order valence-electron chi connectivity index (χ3n) is 9.64. The molecule has 10 rings (SSSR count). The maximum absolute atomic E-state index is 6.80. The Kier molecular flexibility index (Phi) is 6.18. The molecule has 0 aliphatic heterocycles. The summed E-state index contributed by atoms with van der Waals surface area (Å²) in [5.74, 6) is 0. The van der Waals surface area contributed by atoms with Gasteiger partial charge in [-0.1, -0.05) is 133 Å². The largest absolute Gasteiger partial charge is 0.455 e. The molecule has 230 valence electrons. The smallest absolute Gasteiger partial charge is 0.159 e. The molecule has 0 bridgehead atoms. The summed E-state index contributed by atoms with van der Waals surface area (Å²) < 4.78 is 13.5. The van der Waals surface area contributed by atoms with Gasteiger partial charge in [-0.3, -0.25) is 0 Å². The minimum atomic E-state index is 0.837. The van der Waals surface area contributed by atoms with E-state index < -0.39 is 0 Å². The van der Waals surface area contributed by atoms with Crippen molar-refractivity contribution in [2.45, 2.75) is 0 Å². The maximum Gasteiger partial charge on any atom is 0.159 e. The lowest BCUT2D eigenvalue weighted by molar-refractivity contribution is 0.669. The summed E-state index contributed by atoms with van der Waals surface area (Å²) in [6.07, 6.45) is 0. The average Bonchev–Trinajstić information content (AvgIpc) is 3.75. The van der Waals surface area contributed by atoms with Crippen molar-refractivity contribution in [1.82, 2.24) is 0 Å². The van der Waals surface area contributed by atoms with E-state index in [1.54, 1.807) is 0 Å². The van der Waals surface area contributed by atoms with E-state index in [2.05, 4.69) is 169 Å². The molecular weight excluding hydrogens is 599 g/mol. The Labute approximate surface area is 282 Å². The van der Waals surface area contributed by atoms with Crippen molar-refractivity contribution in [2.24, 2.45) is 0 Å². The van der Waals surface area contributed by atoms with Crippen LogP contribution in [-0.2, 0) is 0 Å². The summed E-state index contributed by atoms with van der Waals surface area (Å²) in [7, 11) is 0. The molecule has 0 atom stereocenters. The first kappa shape index (κ1) is 27.5. The van der Waals surface area contributed by atoms with E-state index in [-0.39, 0.29) is 0 Å². The van der Waals surface area contributed by atoms with Gasteiger partial charge in [0.05, 0.1) is 16.8 Å². The Morgan fingerprint density at radius 3 is 1.76 bits per heavy atom. The van der Waals surface area contributed by atoms with Gasteiger partial charge in [0.15, 0.2) is 5.58 Å². The third kappa shape index (κ3) is 4.37. The number of hydrogen-bond acceptors (Lipinski definition) is 3. The van der Waals surface area contributed by atoms with Gasteiger partial charge in [0, 0.05) is 27.2 Å². The number of rotatable bonds is 5. The van der Waals surface area contributed by atoms with Crippen LogP contribution in [0.15, 0.2) is 185 Å². The molecule has 8 aromatic carbocycles. The van der Waals surface area contributed by atoms with Gasteiger partial charge in [-0.05, 0) is 70.1 Å². The van der Waals surface area contributed by atoms with Gasteiger partial charge in [-0.25, -0.2) is 0 Å². The Balaban J connectivity index is 1.31. The Morgan fingerprint density at radius 2 is 0.918 bits per heavy atom. The lowest BCUT2D eigenvalue weighted by Crippen LogP contribution is -2.10. The molecule has 0 fully saturated rings. The molecule has 0 saturated heterocycles. The molecule has 0 aliphatic carbocycles. The highest BCUT2D eigenvalue weighted by Gasteiger charge is 2.24. The van der Waals surface area contributed by atoms with Gasteiger partial charge < -0.3 is 13.7 Å². The molecule has 0 aliphatic rings. The van der Waals surface area contributed by atoms with Crippen LogP contribution in [0, 0.1) is 0 Å². The van der Waals surface area contributed by atoms with Crippen molar-refractivity contribution in [3.63, 3.8) is 0 Å². The van der Waals surface area contributed by atoms with Gasteiger partial charge in [-0.2, -0.15) is 0 Å². The molecule has 2 aromatic heterocycles. The lowest BCUT2D eigenvalue weighted by atomic mass is 9.95. The average molecular weight is 628 g/mol. The topological polar surface area (TPSA) is 29.5 Å². The van der Waals surface area contributed by atoms with E-state index in [4.69, 9.17) is 8.83 Å². The Hall–Kier alpha value is -6.58. The van der Waals surface area contributed by atoms with Crippen LogP contribution < -0.4 is 4.90 Å². The van der Waals surface area contributed by atoms with Crippen molar-refractivity contribution in [2.75, 3.05) is 4.90 Å². The molecular formula is C46H29NO2. The van der Waals surface area contributed by atoms with Crippen molar-refractivity contribution >= 4 is 71.7 Å². The minimum Gasteiger partial charge on any atom is -0.455 e. The standard InChI is InChI=1S/C46H29NO2/c1-3-14-30(15-4-1)32-18-11-19-33(28-32)47(41-25-12-23-37-35-21-9-10-26-42(35)48-46(37)41)40-24-13-27-43-44(40)39-29-38(31-16-5-2-6-17-31)34-20-7-8-22-36(34)45(39)49-43/h1-29H. The highest BCUT2D eigenvalue weighted by Crippen LogP contribution is 2.48. The summed E-state index contributed by atoms with van der Waals surface area (Å²) in [5, 5.41) is 6.57. The Bertz CT molecular complexity index is 2830. The van der Waals surface area contributed by atoms with E-state index in [1.165, 1.54) is 16.5 Å². The van der Waals surface area contributed by atoms with Crippen LogP contribution in [-0.4, -0.2) is 0 Å². The fraction of sp³-hybridized carbons (Fsp3) is 0. The zero-order valence-electron chi connectivity index (χ0n) is 26.5. The number of benzene rings is 8. The molecule has 0 saturated carbocycles. The molecule has 2 heterocycles. The van der Waals surface area contributed by atoms with E-state index in [0.29, 0.717) is 0 Å². The van der Waals surface area contributed by atoms with Crippen molar-refractivity contribution in [1.29, 1.82) is 0 Å². The van der Waals surface area contributed by atoms with Gasteiger partial charge >= 0.3 is 0 Å². The second-order valence-corrected chi connectivity index (χ2v) is 12.5. The number of hydrogen-bond donors (Lipinski definition) is 0. The molecule has 10 aromatic rings. The molecule has 49 heavy (non-hydrogen) atoms. The summed E-state index contributed by atoms with van der Waals surface area (Å²) in [5.41, 5.74) is 11.1. The molecule has 0 amide bonds. The van der Waals surface area contributed by atoms with E-state index in [0.717, 1.165) is 77.5 Å². The first-order valence-corrected chi connectivity index (χ1v) is 16.6. The first-order chi connectivity index (χ1) is 24.3. The zero-order chi connectivity index (χ0) is 32.3. The highest BCUT2D eigenvalue weighted by atomic mass is 16.3. The maximum atomic E-state index is 6.80.